The number of hydrogen-bond acceptors (Lipinski definition) is 2. The van der Waals surface area contributed by atoms with Gasteiger partial charge in [-0.25, -0.2) is 4.39 Å². The third kappa shape index (κ3) is 1.91. The molecule has 6 heteroatoms. The summed E-state index contributed by atoms with van der Waals surface area (Å²) in [6.45, 7) is 0. The number of nitrogens with two attached hydrogens (primary N) is 1. The van der Waals surface area contributed by atoms with Crippen molar-refractivity contribution in [3.63, 3.8) is 0 Å². The van der Waals surface area contributed by atoms with Crippen molar-refractivity contribution in [2.45, 2.75) is 0 Å². The van der Waals surface area contributed by atoms with Gasteiger partial charge in [0.2, 0.25) is 0 Å². The van der Waals surface area contributed by atoms with Gasteiger partial charge in [-0.1, -0.05) is 37.9 Å². The quantitative estimate of drug-likeness (QED) is 0.840. The first kappa shape index (κ1) is 10.6. The molecular formula is C9H6Br2FN3. The first-order valence-corrected chi connectivity index (χ1v) is 5.63. The molecule has 0 aliphatic rings. The summed E-state index contributed by atoms with van der Waals surface area (Å²) < 4.78 is 15.1. The predicted molar refractivity (Wildman–Crippen MR) is 63.8 cm³/mol. The summed E-state index contributed by atoms with van der Waals surface area (Å²) in [6, 6.07) is 5.41. The van der Waals surface area contributed by atoms with Crippen LogP contribution in [0.4, 0.5) is 10.2 Å². The minimum atomic E-state index is -0.530. The average Bonchev–Trinajstić information content (AvgIpc) is 2.49. The van der Waals surface area contributed by atoms with Crippen LogP contribution >= 0.6 is 31.9 Å². The van der Waals surface area contributed by atoms with Crippen LogP contribution in [0, 0.1) is 5.82 Å². The van der Waals surface area contributed by atoms with Crippen molar-refractivity contribution in [2.75, 3.05) is 5.73 Å². The van der Waals surface area contributed by atoms with Gasteiger partial charge in [-0.15, -0.1) is 0 Å². The van der Waals surface area contributed by atoms with Crippen LogP contribution in [0.15, 0.2) is 27.1 Å². The number of nitrogens with one attached hydrogen (secondary N) is 1. The molecule has 0 unspecified atom stereocenters. The van der Waals surface area contributed by atoms with E-state index < -0.39 is 5.82 Å². The van der Waals surface area contributed by atoms with Gasteiger partial charge in [0.25, 0.3) is 0 Å². The maximum Gasteiger partial charge on any atom is 0.192 e. The molecule has 0 spiro atoms. The van der Waals surface area contributed by atoms with Crippen molar-refractivity contribution in [3.05, 3.63) is 33.0 Å². The van der Waals surface area contributed by atoms with E-state index in [1.807, 2.05) is 12.1 Å². The zero-order valence-corrected chi connectivity index (χ0v) is 10.6. The Hall–Kier alpha value is -0.880. The fourth-order valence-electron chi connectivity index (χ4n) is 1.21. The van der Waals surface area contributed by atoms with Gasteiger partial charge >= 0.3 is 0 Å². The predicted octanol–water partition coefficient (Wildman–Crippen LogP) is 3.32. The van der Waals surface area contributed by atoms with Crippen molar-refractivity contribution in [2.24, 2.45) is 0 Å². The molecule has 0 bridgehead atoms. The van der Waals surface area contributed by atoms with Crippen molar-refractivity contribution in [1.29, 1.82) is 0 Å². The first-order valence-electron chi connectivity index (χ1n) is 4.04. The van der Waals surface area contributed by atoms with Crippen molar-refractivity contribution in [1.82, 2.24) is 10.2 Å². The number of aromatic amines is 1. The summed E-state index contributed by atoms with van der Waals surface area (Å²) in [4.78, 5) is 0. The highest BCUT2D eigenvalue weighted by atomic mass is 79.9. The lowest BCUT2D eigenvalue weighted by atomic mass is 10.1. The molecule has 3 nitrogen and oxygen atoms in total. The lowest BCUT2D eigenvalue weighted by Crippen LogP contribution is -1.88. The van der Waals surface area contributed by atoms with Gasteiger partial charge in [-0.05, 0) is 12.1 Å². The molecule has 2 rings (SSSR count). The minimum absolute atomic E-state index is 0.125. The maximum atomic E-state index is 13.5. The molecule has 0 fully saturated rings. The largest absolute Gasteiger partial charge is 0.380 e. The Balaban J connectivity index is 2.59. The third-order valence-corrected chi connectivity index (χ3v) is 3.08. The first-order chi connectivity index (χ1) is 7.09. The zero-order valence-electron chi connectivity index (χ0n) is 7.39. The van der Waals surface area contributed by atoms with Gasteiger partial charge in [-0.3, -0.25) is 5.10 Å². The molecular weight excluding hydrogens is 329 g/mol. The van der Waals surface area contributed by atoms with E-state index in [2.05, 4.69) is 42.1 Å². The number of anilines is 1. The normalized spacial score (nSPS) is 10.6. The van der Waals surface area contributed by atoms with E-state index in [0.29, 0.717) is 5.56 Å². The molecule has 0 atom stereocenters. The van der Waals surface area contributed by atoms with Gasteiger partial charge in [0, 0.05) is 14.5 Å². The van der Waals surface area contributed by atoms with E-state index in [1.54, 1.807) is 6.07 Å². The molecule has 15 heavy (non-hydrogen) atoms. The van der Waals surface area contributed by atoms with E-state index in [-0.39, 0.29) is 11.5 Å². The Morgan fingerprint density at radius 2 is 2.07 bits per heavy atom. The Kier molecular flexibility index (Phi) is 2.79. The summed E-state index contributed by atoms with van der Waals surface area (Å²) in [5.41, 5.74) is 6.28. The molecule has 2 aromatic rings. The van der Waals surface area contributed by atoms with Gasteiger partial charge in [0.1, 0.15) is 5.69 Å². The van der Waals surface area contributed by atoms with Crippen LogP contribution in [0.5, 0.6) is 0 Å². The van der Waals surface area contributed by atoms with Crippen LogP contribution in [0.2, 0.25) is 0 Å². The number of aromatic nitrogens is 2. The standard InChI is InChI=1S/C9H6Br2FN3/c10-4-1-2-5(6(11)3-4)8-7(12)9(13)15-14-8/h1-3H,(H3,13,14,15). The van der Waals surface area contributed by atoms with E-state index in [0.717, 1.165) is 8.95 Å². The Morgan fingerprint density at radius 1 is 1.33 bits per heavy atom. The monoisotopic (exact) mass is 333 g/mol. The maximum absolute atomic E-state index is 13.5. The number of nitrogen functional groups attached to an aromatic ring is 1. The van der Waals surface area contributed by atoms with Crippen LogP contribution in [0.25, 0.3) is 11.3 Å². The smallest absolute Gasteiger partial charge is 0.192 e. The molecule has 1 aromatic carbocycles. The molecule has 3 N–H and O–H groups in total. The summed E-state index contributed by atoms with van der Waals surface area (Å²) in [7, 11) is 0. The van der Waals surface area contributed by atoms with Gasteiger partial charge in [0.05, 0.1) is 0 Å². The molecule has 0 radical (unpaired) electrons. The lowest BCUT2D eigenvalue weighted by molar-refractivity contribution is 0.636. The fourth-order valence-corrected chi connectivity index (χ4v) is 2.46. The zero-order chi connectivity index (χ0) is 11.0. The third-order valence-electron chi connectivity index (χ3n) is 1.93. The summed E-state index contributed by atoms with van der Waals surface area (Å²) >= 11 is 6.66. The van der Waals surface area contributed by atoms with E-state index >= 15 is 0 Å². The van der Waals surface area contributed by atoms with E-state index in [9.17, 15) is 4.39 Å². The van der Waals surface area contributed by atoms with Gasteiger partial charge in [0.15, 0.2) is 11.6 Å². The van der Waals surface area contributed by atoms with Gasteiger partial charge in [-0.2, -0.15) is 5.10 Å². The van der Waals surface area contributed by atoms with Gasteiger partial charge < -0.3 is 5.73 Å². The molecule has 0 saturated carbocycles. The Morgan fingerprint density at radius 3 is 2.60 bits per heavy atom. The average molecular weight is 335 g/mol. The van der Waals surface area contributed by atoms with Crippen LogP contribution in [0.3, 0.4) is 0 Å². The number of benzene rings is 1. The van der Waals surface area contributed by atoms with Crippen molar-refractivity contribution < 1.29 is 4.39 Å². The second-order valence-electron chi connectivity index (χ2n) is 2.92. The second kappa shape index (κ2) is 3.94. The number of nitrogens with zero attached hydrogens (tertiary/aromatic N) is 1. The van der Waals surface area contributed by atoms with Crippen molar-refractivity contribution >= 4 is 37.7 Å². The fraction of sp³-hybridized carbons (Fsp3) is 0. The highest BCUT2D eigenvalue weighted by Gasteiger charge is 2.14. The van der Waals surface area contributed by atoms with Crippen LogP contribution < -0.4 is 5.73 Å². The highest BCUT2D eigenvalue weighted by molar-refractivity contribution is 9.11. The molecule has 0 aliphatic carbocycles. The summed E-state index contributed by atoms with van der Waals surface area (Å²) in [5.74, 6) is -0.655. The highest BCUT2D eigenvalue weighted by Crippen LogP contribution is 2.32. The number of halogens is 3. The molecule has 0 aliphatic heterocycles. The molecule has 0 saturated heterocycles. The van der Waals surface area contributed by atoms with Crippen molar-refractivity contribution in [3.8, 4) is 11.3 Å². The molecule has 78 valence electrons. The minimum Gasteiger partial charge on any atom is -0.380 e. The van der Waals surface area contributed by atoms with Crippen LogP contribution in [-0.4, -0.2) is 10.2 Å². The topological polar surface area (TPSA) is 54.7 Å². The van der Waals surface area contributed by atoms with E-state index in [4.69, 9.17) is 5.73 Å². The summed E-state index contributed by atoms with van der Waals surface area (Å²) in [6.07, 6.45) is 0. The SMILES string of the molecule is Nc1n[nH]c(-c2ccc(Br)cc2Br)c1F. The molecule has 0 amide bonds. The lowest BCUT2D eigenvalue weighted by Gasteiger charge is -2.02. The van der Waals surface area contributed by atoms with Crippen LogP contribution in [0.1, 0.15) is 0 Å². The second-order valence-corrected chi connectivity index (χ2v) is 4.69. The Bertz CT molecular complexity index is 510. The number of H-pyrrole nitrogens is 1. The molecule has 1 heterocycles. The Labute approximate surface area is 102 Å². The summed E-state index contributed by atoms with van der Waals surface area (Å²) in [5, 5.41) is 6.16. The van der Waals surface area contributed by atoms with Crippen LogP contribution in [-0.2, 0) is 0 Å². The number of rotatable bonds is 1. The number of hydrogen-bond donors (Lipinski definition) is 2. The van der Waals surface area contributed by atoms with E-state index in [1.165, 1.54) is 0 Å². The molecule has 1 aromatic heterocycles.